The van der Waals surface area contributed by atoms with E-state index in [0.717, 1.165) is 5.56 Å². The summed E-state index contributed by atoms with van der Waals surface area (Å²) in [5, 5.41) is 6.79. The molecule has 2 N–H and O–H groups in total. The number of aromatic nitrogens is 3. The third-order valence-electron chi connectivity index (χ3n) is 2.55. The van der Waals surface area contributed by atoms with Crippen molar-refractivity contribution in [1.82, 2.24) is 15.0 Å². The van der Waals surface area contributed by atoms with Crippen LogP contribution in [0.5, 0.6) is 0 Å². The minimum absolute atomic E-state index is 0.0446. The van der Waals surface area contributed by atoms with Gasteiger partial charge in [0.05, 0.1) is 6.04 Å². The molecule has 1 atom stereocenters. The summed E-state index contributed by atoms with van der Waals surface area (Å²) in [7, 11) is 1.72. The van der Waals surface area contributed by atoms with Crippen LogP contribution in [0.1, 0.15) is 18.5 Å². The van der Waals surface area contributed by atoms with Crippen molar-refractivity contribution in [3.8, 4) is 0 Å². The van der Waals surface area contributed by atoms with Gasteiger partial charge in [-0.3, -0.25) is 0 Å². The molecule has 0 saturated carbocycles. The molecule has 2 rings (SSSR count). The molecular weight excluding hydrogens is 285 g/mol. The van der Waals surface area contributed by atoms with Gasteiger partial charge in [0.2, 0.25) is 17.2 Å². The second-order valence-electron chi connectivity index (χ2n) is 3.89. The zero-order valence-corrected chi connectivity index (χ0v) is 12.0. The highest BCUT2D eigenvalue weighted by atomic mass is 35.5. The van der Waals surface area contributed by atoms with E-state index in [1.165, 1.54) is 0 Å². The Morgan fingerprint density at radius 1 is 1.05 bits per heavy atom. The molecule has 2 aromatic rings. The first-order valence-corrected chi connectivity index (χ1v) is 6.46. The average molecular weight is 298 g/mol. The summed E-state index contributed by atoms with van der Waals surface area (Å²) < 4.78 is 0. The molecular formula is C12H13Cl2N5. The Morgan fingerprint density at radius 2 is 1.74 bits per heavy atom. The molecule has 0 aliphatic heterocycles. The second-order valence-corrected chi connectivity index (χ2v) is 4.63. The first-order valence-electron chi connectivity index (χ1n) is 5.70. The maximum Gasteiger partial charge on any atom is 0.229 e. The Balaban J connectivity index is 2.21. The molecule has 7 heteroatoms. The van der Waals surface area contributed by atoms with Crippen LogP contribution in [0.25, 0.3) is 0 Å². The predicted octanol–water partition coefficient (Wildman–Crippen LogP) is 3.39. The molecule has 1 aromatic carbocycles. The van der Waals surface area contributed by atoms with E-state index in [1.54, 1.807) is 7.05 Å². The lowest BCUT2D eigenvalue weighted by Crippen LogP contribution is -2.11. The van der Waals surface area contributed by atoms with E-state index in [-0.39, 0.29) is 11.3 Å². The van der Waals surface area contributed by atoms with Crippen LogP contribution >= 0.6 is 23.2 Å². The fraction of sp³-hybridized carbons (Fsp3) is 0.250. The average Bonchev–Trinajstić information content (AvgIpc) is 2.38. The fourth-order valence-electron chi connectivity index (χ4n) is 1.62. The monoisotopic (exact) mass is 297 g/mol. The van der Waals surface area contributed by atoms with E-state index < -0.39 is 0 Å². The van der Waals surface area contributed by atoms with Crippen molar-refractivity contribution in [2.45, 2.75) is 13.0 Å². The Morgan fingerprint density at radius 3 is 2.42 bits per heavy atom. The van der Waals surface area contributed by atoms with Gasteiger partial charge < -0.3 is 10.6 Å². The molecule has 19 heavy (non-hydrogen) atoms. The van der Waals surface area contributed by atoms with Crippen molar-refractivity contribution < 1.29 is 0 Å². The number of nitrogens with zero attached hydrogens (tertiary/aromatic N) is 3. The normalized spacial score (nSPS) is 12.0. The number of anilines is 2. The van der Waals surface area contributed by atoms with Gasteiger partial charge >= 0.3 is 0 Å². The Bertz CT molecular complexity index is 576. The van der Waals surface area contributed by atoms with Gasteiger partial charge in [-0.25, -0.2) is 0 Å². The van der Waals surface area contributed by atoms with Crippen LogP contribution < -0.4 is 10.6 Å². The molecule has 0 aliphatic carbocycles. The standard InChI is InChI=1S/C12H13Cl2N5/c1-7(8-5-3-4-6-9(8)13)16-12-18-10(14)17-11(15-2)19-12/h3-7H,1-2H3,(H2,15,16,17,18,19). The summed E-state index contributed by atoms with van der Waals surface area (Å²) in [6.07, 6.45) is 0. The third kappa shape index (κ3) is 3.45. The SMILES string of the molecule is CNc1nc(Cl)nc(NC(C)c2ccccc2Cl)n1. The van der Waals surface area contributed by atoms with Crippen molar-refractivity contribution in [2.75, 3.05) is 17.7 Å². The summed E-state index contributed by atoms with van der Waals surface area (Å²) in [6.45, 7) is 1.97. The fourth-order valence-corrected chi connectivity index (χ4v) is 2.08. The minimum Gasteiger partial charge on any atom is -0.357 e. The van der Waals surface area contributed by atoms with Gasteiger partial charge in [0.25, 0.3) is 0 Å². The molecule has 1 aromatic heterocycles. The Labute approximate surface area is 121 Å². The van der Waals surface area contributed by atoms with E-state index >= 15 is 0 Å². The highest BCUT2D eigenvalue weighted by molar-refractivity contribution is 6.31. The Kier molecular flexibility index (Phi) is 4.39. The molecule has 0 aliphatic rings. The van der Waals surface area contributed by atoms with Crippen LogP contribution in [0.3, 0.4) is 0 Å². The largest absolute Gasteiger partial charge is 0.357 e. The van der Waals surface area contributed by atoms with Gasteiger partial charge in [-0.05, 0) is 30.2 Å². The molecule has 5 nitrogen and oxygen atoms in total. The van der Waals surface area contributed by atoms with Crippen LogP contribution in [0.2, 0.25) is 10.3 Å². The zero-order valence-electron chi connectivity index (χ0n) is 10.5. The van der Waals surface area contributed by atoms with Crippen LogP contribution in [0.4, 0.5) is 11.9 Å². The molecule has 0 bridgehead atoms. The number of benzene rings is 1. The van der Waals surface area contributed by atoms with E-state index in [9.17, 15) is 0 Å². The number of hydrogen-bond donors (Lipinski definition) is 2. The summed E-state index contributed by atoms with van der Waals surface area (Å²) in [4.78, 5) is 12.1. The molecule has 1 heterocycles. The van der Waals surface area contributed by atoms with Crippen molar-refractivity contribution in [2.24, 2.45) is 0 Å². The van der Waals surface area contributed by atoms with Gasteiger partial charge in [0.15, 0.2) is 0 Å². The van der Waals surface area contributed by atoms with Gasteiger partial charge in [0, 0.05) is 12.1 Å². The highest BCUT2D eigenvalue weighted by Crippen LogP contribution is 2.24. The molecule has 0 fully saturated rings. The van der Waals surface area contributed by atoms with E-state index in [4.69, 9.17) is 23.2 Å². The van der Waals surface area contributed by atoms with Crippen molar-refractivity contribution in [3.63, 3.8) is 0 Å². The molecule has 0 radical (unpaired) electrons. The molecule has 0 saturated heterocycles. The topological polar surface area (TPSA) is 62.7 Å². The number of halogens is 2. The van der Waals surface area contributed by atoms with Gasteiger partial charge in [-0.15, -0.1) is 0 Å². The van der Waals surface area contributed by atoms with E-state index in [2.05, 4.69) is 25.6 Å². The predicted molar refractivity (Wildman–Crippen MR) is 77.9 cm³/mol. The maximum atomic E-state index is 6.14. The van der Waals surface area contributed by atoms with Crippen molar-refractivity contribution >= 4 is 35.1 Å². The van der Waals surface area contributed by atoms with E-state index in [1.807, 2.05) is 31.2 Å². The van der Waals surface area contributed by atoms with Crippen LogP contribution in [-0.4, -0.2) is 22.0 Å². The minimum atomic E-state index is -0.0446. The smallest absolute Gasteiger partial charge is 0.229 e. The first-order chi connectivity index (χ1) is 9.10. The highest BCUT2D eigenvalue weighted by Gasteiger charge is 2.11. The molecule has 0 spiro atoms. The summed E-state index contributed by atoms with van der Waals surface area (Å²) in [5.41, 5.74) is 0.965. The lowest BCUT2D eigenvalue weighted by molar-refractivity contribution is 0.854. The quantitative estimate of drug-likeness (QED) is 0.906. The summed E-state index contributed by atoms with van der Waals surface area (Å²) in [6, 6.07) is 7.56. The van der Waals surface area contributed by atoms with Crippen molar-refractivity contribution in [3.05, 3.63) is 40.1 Å². The third-order valence-corrected chi connectivity index (χ3v) is 3.06. The van der Waals surface area contributed by atoms with Gasteiger partial charge in [-0.1, -0.05) is 29.8 Å². The van der Waals surface area contributed by atoms with Gasteiger partial charge in [-0.2, -0.15) is 15.0 Å². The molecule has 1 unspecified atom stereocenters. The van der Waals surface area contributed by atoms with Crippen molar-refractivity contribution in [1.29, 1.82) is 0 Å². The lowest BCUT2D eigenvalue weighted by Gasteiger charge is -2.15. The maximum absolute atomic E-state index is 6.14. The zero-order chi connectivity index (χ0) is 13.8. The van der Waals surface area contributed by atoms with Crippen LogP contribution in [0.15, 0.2) is 24.3 Å². The van der Waals surface area contributed by atoms with Crippen LogP contribution in [-0.2, 0) is 0 Å². The number of hydrogen-bond acceptors (Lipinski definition) is 5. The van der Waals surface area contributed by atoms with Gasteiger partial charge in [0.1, 0.15) is 0 Å². The number of rotatable bonds is 4. The summed E-state index contributed by atoms with van der Waals surface area (Å²) >= 11 is 12.0. The first kappa shape index (κ1) is 13.8. The summed E-state index contributed by atoms with van der Waals surface area (Å²) in [5.74, 6) is 0.811. The van der Waals surface area contributed by atoms with E-state index in [0.29, 0.717) is 16.9 Å². The molecule has 0 amide bonds. The van der Waals surface area contributed by atoms with Crippen LogP contribution in [0, 0.1) is 0 Å². The second kappa shape index (κ2) is 6.04. The lowest BCUT2D eigenvalue weighted by atomic mass is 10.1. The Hall–Kier alpha value is -1.59. The molecule has 100 valence electrons. The number of nitrogens with one attached hydrogen (secondary N) is 2.